The maximum absolute atomic E-state index is 5.70. The zero-order valence-electron chi connectivity index (χ0n) is 9.16. The fourth-order valence-electron chi connectivity index (χ4n) is 1.45. The summed E-state index contributed by atoms with van der Waals surface area (Å²) in [6.07, 6.45) is 0. The molecule has 82 valence electrons. The molecule has 2 rings (SSSR count). The van der Waals surface area contributed by atoms with Crippen LogP contribution in [0.3, 0.4) is 0 Å². The lowest BCUT2D eigenvalue weighted by molar-refractivity contribution is 1.12. The SMILES string of the molecule is Cc1cc(N)nc(-c2ccc(C)c(Br)c2)n1. The Bertz CT molecular complexity index is 518. The second kappa shape index (κ2) is 4.22. The van der Waals surface area contributed by atoms with E-state index >= 15 is 0 Å². The maximum atomic E-state index is 5.70. The average molecular weight is 278 g/mol. The Balaban J connectivity index is 2.54. The molecule has 3 nitrogen and oxygen atoms in total. The van der Waals surface area contributed by atoms with Gasteiger partial charge in [-0.1, -0.05) is 28.1 Å². The summed E-state index contributed by atoms with van der Waals surface area (Å²) in [6.45, 7) is 3.95. The van der Waals surface area contributed by atoms with Crippen molar-refractivity contribution < 1.29 is 0 Å². The molecule has 0 amide bonds. The van der Waals surface area contributed by atoms with Gasteiger partial charge in [-0.15, -0.1) is 0 Å². The van der Waals surface area contributed by atoms with Crippen LogP contribution in [0.5, 0.6) is 0 Å². The zero-order chi connectivity index (χ0) is 11.7. The number of anilines is 1. The van der Waals surface area contributed by atoms with Crippen LogP contribution in [0.2, 0.25) is 0 Å². The van der Waals surface area contributed by atoms with E-state index in [4.69, 9.17) is 5.73 Å². The first-order chi connectivity index (χ1) is 7.56. The predicted octanol–water partition coefficient (Wildman–Crippen LogP) is 3.11. The van der Waals surface area contributed by atoms with E-state index in [1.165, 1.54) is 5.56 Å². The first kappa shape index (κ1) is 11.1. The van der Waals surface area contributed by atoms with E-state index in [1.54, 1.807) is 6.07 Å². The highest BCUT2D eigenvalue weighted by atomic mass is 79.9. The van der Waals surface area contributed by atoms with Crippen molar-refractivity contribution in [2.75, 3.05) is 5.73 Å². The Kier molecular flexibility index (Phi) is 2.92. The van der Waals surface area contributed by atoms with Gasteiger partial charge in [0.25, 0.3) is 0 Å². The molecule has 0 fully saturated rings. The van der Waals surface area contributed by atoms with Crippen molar-refractivity contribution >= 4 is 21.7 Å². The lowest BCUT2D eigenvalue weighted by Gasteiger charge is -2.05. The normalized spacial score (nSPS) is 10.4. The van der Waals surface area contributed by atoms with Crippen molar-refractivity contribution in [2.24, 2.45) is 0 Å². The number of hydrogen-bond acceptors (Lipinski definition) is 3. The Labute approximate surface area is 103 Å². The van der Waals surface area contributed by atoms with Gasteiger partial charge in [0.05, 0.1) is 0 Å². The third kappa shape index (κ3) is 2.22. The van der Waals surface area contributed by atoms with Gasteiger partial charge >= 0.3 is 0 Å². The zero-order valence-corrected chi connectivity index (χ0v) is 10.7. The molecule has 0 bridgehead atoms. The molecule has 0 spiro atoms. The number of aryl methyl sites for hydroxylation is 2. The van der Waals surface area contributed by atoms with Crippen LogP contribution in [0.4, 0.5) is 5.82 Å². The maximum Gasteiger partial charge on any atom is 0.161 e. The summed E-state index contributed by atoms with van der Waals surface area (Å²) in [7, 11) is 0. The molecule has 0 saturated heterocycles. The number of hydrogen-bond donors (Lipinski definition) is 1. The fraction of sp³-hybridized carbons (Fsp3) is 0.167. The number of nitrogen functional groups attached to an aromatic ring is 1. The molecule has 0 aliphatic heterocycles. The number of benzene rings is 1. The molecule has 2 N–H and O–H groups in total. The van der Waals surface area contributed by atoms with Crippen molar-refractivity contribution in [2.45, 2.75) is 13.8 Å². The van der Waals surface area contributed by atoms with E-state index in [0.717, 1.165) is 15.7 Å². The molecule has 1 heterocycles. The van der Waals surface area contributed by atoms with E-state index in [9.17, 15) is 0 Å². The number of nitrogens with zero attached hydrogens (tertiary/aromatic N) is 2. The van der Waals surface area contributed by atoms with Crippen LogP contribution >= 0.6 is 15.9 Å². The van der Waals surface area contributed by atoms with Crippen LogP contribution < -0.4 is 5.73 Å². The first-order valence-electron chi connectivity index (χ1n) is 4.94. The third-order valence-corrected chi connectivity index (χ3v) is 3.16. The van der Waals surface area contributed by atoms with Crippen molar-refractivity contribution in [1.29, 1.82) is 0 Å². The standard InChI is InChI=1S/C12H12BrN3/c1-7-3-4-9(6-10(7)13)12-15-8(2)5-11(14)16-12/h3-6H,1-2H3,(H2,14,15,16). The second-order valence-corrected chi connectivity index (χ2v) is 4.58. The summed E-state index contributed by atoms with van der Waals surface area (Å²) in [5, 5.41) is 0. The van der Waals surface area contributed by atoms with Crippen molar-refractivity contribution in [1.82, 2.24) is 9.97 Å². The first-order valence-corrected chi connectivity index (χ1v) is 5.73. The van der Waals surface area contributed by atoms with Gasteiger partial charge < -0.3 is 5.73 Å². The molecule has 1 aromatic heterocycles. The van der Waals surface area contributed by atoms with E-state index < -0.39 is 0 Å². The molecular formula is C12H12BrN3. The van der Waals surface area contributed by atoms with Gasteiger partial charge in [0.2, 0.25) is 0 Å². The monoisotopic (exact) mass is 277 g/mol. The second-order valence-electron chi connectivity index (χ2n) is 3.72. The molecule has 2 aromatic rings. The largest absolute Gasteiger partial charge is 0.384 e. The number of rotatable bonds is 1. The Morgan fingerprint density at radius 2 is 1.88 bits per heavy atom. The molecule has 0 aliphatic rings. The van der Waals surface area contributed by atoms with Crippen molar-refractivity contribution in [3.63, 3.8) is 0 Å². The number of aromatic nitrogens is 2. The van der Waals surface area contributed by atoms with Gasteiger partial charge in [-0.05, 0) is 25.5 Å². The van der Waals surface area contributed by atoms with Crippen LogP contribution in [-0.2, 0) is 0 Å². The minimum Gasteiger partial charge on any atom is -0.384 e. The Hall–Kier alpha value is -1.42. The summed E-state index contributed by atoms with van der Waals surface area (Å²) in [4.78, 5) is 8.58. The Morgan fingerprint density at radius 1 is 1.12 bits per heavy atom. The highest BCUT2D eigenvalue weighted by Crippen LogP contribution is 2.23. The van der Waals surface area contributed by atoms with E-state index in [1.807, 2.05) is 32.0 Å². The molecule has 4 heteroatoms. The van der Waals surface area contributed by atoms with Gasteiger partial charge in [-0.25, -0.2) is 9.97 Å². The van der Waals surface area contributed by atoms with Crippen molar-refractivity contribution in [3.8, 4) is 11.4 Å². The van der Waals surface area contributed by atoms with E-state index in [-0.39, 0.29) is 0 Å². The van der Waals surface area contributed by atoms with Gasteiger partial charge in [0.15, 0.2) is 5.82 Å². The molecule has 0 saturated carbocycles. The van der Waals surface area contributed by atoms with Gasteiger partial charge in [0, 0.05) is 21.8 Å². The lowest BCUT2D eigenvalue weighted by atomic mass is 10.1. The molecule has 0 atom stereocenters. The summed E-state index contributed by atoms with van der Waals surface area (Å²) < 4.78 is 1.05. The fourth-order valence-corrected chi connectivity index (χ4v) is 1.83. The topological polar surface area (TPSA) is 51.8 Å². The molecule has 0 unspecified atom stereocenters. The smallest absolute Gasteiger partial charge is 0.161 e. The third-order valence-electron chi connectivity index (χ3n) is 2.30. The molecule has 1 aromatic carbocycles. The Morgan fingerprint density at radius 3 is 2.50 bits per heavy atom. The van der Waals surface area contributed by atoms with Crippen LogP contribution in [0.1, 0.15) is 11.3 Å². The lowest BCUT2D eigenvalue weighted by Crippen LogP contribution is -1.97. The summed E-state index contributed by atoms with van der Waals surface area (Å²) >= 11 is 3.49. The van der Waals surface area contributed by atoms with Crippen LogP contribution in [0.15, 0.2) is 28.7 Å². The number of halogens is 1. The van der Waals surface area contributed by atoms with Crippen LogP contribution in [0.25, 0.3) is 11.4 Å². The summed E-state index contributed by atoms with van der Waals surface area (Å²) in [5.74, 6) is 1.16. The van der Waals surface area contributed by atoms with Gasteiger partial charge in [-0.2, -0.15) is 0 Å². The number of nitrogens with two attached hydrogens (primary N) is 1. The molecule has 0 radical (unpaired) electrons. The van der Waals surface area contributed by atoms with Gasteiger partial charge in [0.1, 0.15) is 5.82 Å². The van der Waals surface area contributed by atoms with Gasteiger partial charge in [-0.3, -0.25) is 0 Å². The minimum atomic E-state index is 0.499. The van der Waals surface area contributed by atoms with E-state index in [2.05, 4.69) is 25.9 Å². The van der Waals surface area contributed by atoms with Crippen LogP contribution in [0, 0.1) is 13.8 Å². The average Bonchev–Trinajstić information content (AvgIpc) is 2.20. The van der Waals surface area contributed by atoms with Crippen LogP contribution in [-0.4, -0.2) is 9.97 Å². The minimum absolute atomic E-state index is 0.499. The quantitative estimate of drug-likeness (QED) is 0.872. The summed E-state index contributed by atoms with van der Waals surface area (Å²) in [6, 6.07) is 7.78. The van der Waals surface area contributed by atoms with Crippen molar-refractivity contribution in [3.05, 3.63) is 40.0 Å². The molecule has 0 aliphatic carbocycles. The van der Waals surface area contributed by atoms with E-state index in [0.29, 0.717) is 11.6 Å². The predicted molar refractivity (Wildman–Crippen MR) is 69.1 cm³/mol. The highest BCUT2D eigenvalue weighted by Gasteiger charge is 2.05. The summed E-state index contributed by atoms with van der Waals surface area (Å²) in [5.41, 5.74) is 8.73. The highest BCUT2D eigenvalue weighted by molar-refractivity contribution is 9.10. The molecular weight excluding hydrogens is 266 g/mol. The molecule has 16 heavy (non-hydrogen) atoms.